The van der Waals surface area contributed by atoms with Gasteiger partial charge in [0.05, 0.1) is 18.8 Å². The summed E-state index contributed by atoms with van der Waals surface area (Å²) >= 11 is 5.86. The molecule has 1 fully saturated rings. The summed E-state index contributed by atoms with van der Waals surface area (Å²) in [5.74, 6) is 0.425. The van der Waals surface area contributed by atoms with Crippen molar-refractivity contribution in [3.8, 4) is 6.01 Å². The molecule has 0 saturated carbocycles. The molecule has 1 aromatic rings. The van der Waals surface area contributed by atoms with Crippen molar-refractivity contribution in [2.75, 3.05) is 18.5 Å². The zero-order chi connectivity index (χ0) is 13.7. The van der Waals surface area contributed by atoms with E-state index in [1.807, 2.05) is 13.8 Å². The van der Waals surface area contributed by atoms with Crippen molar-refractivity contribution in [3.05, 3.63) is 5.28 Å². The number of hydrogen-bond acceptors (Lipinski definition) is 6. The van der Waals surface area contributed by atoms with E-state index in [0.29, 0.717) is 12.6 Å². The van der Waals surface area contributed by atoms with Gasteiger partial charge in [0, 0.05) is 6.61 Å². The molecule has 1 aliphatic heterocycles. The van der Waals surface area contributed by atoms with E-state index >= 15 is 0 Å². The van der Waals surface area contributed by atoms with Crippen LogP contribution in [0, 0.1) is 0 Å². The van der Waals surface area contributed by atoms with Crippen molar-refractivity contribution in [1.82, 2.24) is 15.0 Å². The van der Waals surface area contributed by atoms with E-state index in [1.54, 1.807) is 0 Å². The fraction of sp³-hybridized carbons (Fsp3) is 0.750. The van der Waals surface area contributed by atoms with E-state index in [-0.39, 0.29) is 23.4 Å². The maximum Gasteiger partial charge on any atom is 0.322 e. The molecule has 2 rings (SSSR count). The Balaban J connectivity index is 2.00. The summed E-state index contributed by atoms with van der Waals surface area (Å²) < 4.78 is 11.0. The molecule has 7 heteroatoms. The molecule has 2 atom stereocenters. The molecular weight excluding hydrogens is 268 g/mol. The number of nitrogens with zero attached hydrogens (tertiary/aromatic N) is 3. The van der Waals surface area contributed by atoms with E-state index in [1.165, 1.54) is 0 Å². The van der Waals surface area contributed by atoms with Gasteiger partial charge in [-0.15, -0.1) is 0 Å². The second kappa shape index (κ2) is 6.86. The monoisotopic (exact) mass is 286 g/mol. The Morgan fingerprint density at radius 1 is 1.47 bits per heavy atom. The van der Waals surface area contributed by atoms with Crippen molar-refractivity contribution < 1.29 is 9.47 Å². The van der Waals surface area contributed by atoms with Gasteiger partial charge in [-0.3, -0.25) is 0 Å². The van der Waals surface area contributed by atoms with Crippen molar-refractivity contribution in [2.45, 2.75) is 45.3 Å². The second-order valence-corrected chi connectivity index (χ2v) is 4.88. The highest BCUT2D eigenvalue weighted by Gasteiger charge is 2.23. The SMILES string of the molecule is CCCOc1nc(Cl)nc(NC(C)C2CCCO2)n1. The Morgan fingerprint density at radius 3 is 3.00 bits per heavy atom. The number of halogens is 1. The first-order valence-corrected chi connectivity index (χ1v) is 6.99. The van der Waals surface area contributed by atoms with Crippen LogP contribution in [-0.2, 0) is 4.74 Å². The first kappa shape index (κ1) is 14.3. The first-order valence-electron chi connectivity index (χ1n) is 6.61. The van der Waals surface area contributed by atoms with Crippen molar-refractivity contribution in [2.24, 2.45) is 0 Å². The predicted molar refractivity (Wildman–Crippen MR) is 72.7 cm³/mol. The van der Waals surface area contributed by atoms with Crippen LogP contribution in [0.4, 0.5) is 5.95 Å². The number of aromatic nitrogens is 3. The Kier molecular flexibility index (Phi) is 5.15. The van der Waals surface area contributed by atoms with Gasteiger partial charge in [0.2, 0.25) is 11.2 Å². The number of ether oxygens (including phenoxy) is 2. The topological polar surface area (TPSA) is 69.2 Å². The molecule has 0 radical (unpaired) electrons. The summed E-state index contributed by atoms with van der Waals surface area (Å²) in [4.78, 5) is 12.2. The van der Waals surface area contributed by atoms with Gasteiger partial charge < -0.3 is 14.8 Å². The minimum atomic E-state index is 0.125. The van der Waals surface area contributed by atoms with Gasteiger partial charge in [-0.2, -0.15) is 15.0 Å². The molecule has 0 aromatic carbocycles. The lowest BCUT2D eigenvalue weighted by Gasteiger charge is -2.19. The molecule has 1 aliphatic rings. The lowest BCUT2D eigenvalue weighted by atomic mass is 10.1. The van der Waals surface area contributed by atoms with Crippen molar-refractivity contribution in [1.29, 1.82) is 0 Å². The molecule has 0 bridgehead atoms. The van der Waals surface area contributed by atoms with Gasteiger partial charge in [0.25, 0.3) is 0 Å². The fourth-order valence-corrected chi connectivity index (χ4v) is 2.10. The summed E-state index contributed by atoms with van der Waals surface area (Å²) in [5.41, 5.74) is 0. The molecule has 0 amide bonds. The highest BCUT2D eigenvalue weighted by Crippen LogP contribution is 2.19. The maximum atomic E-state index is 5.86. The normalized spacial score (nSPS) is 20.3. The Morgan fingerprint density at radius 2 is 2.32 bits per heavy atom. The van der Waals surface area contributed by atoms with Crippen LogP contribution >= 0.6 is 11.6 Å². The summed E-state index contributed by atoms with van der Waals surface area (Å²) in [6, 6.07) is 0.379. The van der Waals surface area contributed by atoms with Crippen LogP contribution in [-0.4, -0.2) is 40.3 Å². The Bertz CT molecular complexity index is 413. The van der Waals surface area contributed by atoms with Crippen LogP contribution in [0.25, 0.3) is 0 Å². The zero-order valence-electron chi connectivity index (χ0n) is 11.2. The van der Waals surface area contributed by atoms with E-state index in [9.17, 15) is 0 Å². The van der Waals surface area contributed by atoms with Crippen LogP contribution < -0.4 is 10.1 Å². The predicted octanol–water partition coefficient (Wildman–Crippen LogP) is 2.29. The van der Waals surface area contributed by atoms with Crippen LogP contribution in [0.1, 0.15) is 33.1 Å². The number of nitrogens with one attached hydrogen (secondary N) is 1. The largest absolute Gasteiger partial charge is 0.463 e. The van der Waals surface area contributed by atoms with E-state index in [0.717, 1.165) is 25.9 Å². The van der Waals surface area contributed by atoms with Gasteiger partial charge in [0.15, 0.2) is 0 Å². The molecule has 1 aromatic heterocycles. The van der Waals surface area contributed by atoms with Gasteiger partial charge in [-0.05, 0) is 37.8 Å². The van der Waals surface area contributed by atoms with Crippen LogP contribution in [0.3, 0.4) is 0 Å². The molecule has 1 N–H and O–H groups in total. The lowest BCUT2D eigenvalue weighted by Crippen LogP contribution is -2.30. The molecule has 2 heterocycles. The van der Waals surface area contributed by atoms with Gasteiger partial charge >= 0.3 is 6.01 Å². The molecule has 0 spiro atoms. The molecule has 106 valence electrons. The van der Waals surface area contributed by atoms with Gasteiger partial charge in [-0.25, -0.2) is 0 Å². The Hall–Kier alpha value is -1.14. The van der Waals surface area contributed by atoms with E-state index < -0.39 is 0 Å². The average molecular weight is 287 g/mol. The molecule has 2 unspecified atom stereocenters. The second-order valence-electron chi connectivity index (χ2n) is 4.54. The number of anilines is 1. The molecule has 6 nitrogen and oxygen atoms in total. The third-order valence-corrected chi connectivity index (χ3v) is 3.07. The maximum absolute atomic E-state index is 5.86. The van der Waals surface area contributed by atoms with E-state index in [2.05, 4.69) is 20.3 Å². The average Bonchev–Trinajstić information content (AvgIpc) is 2.89. The summed E-state index contributed by atoms with van der Waals surface area (Å²) in [7, 11) is 0. The smallest absolute Gasteiger partial charge is 0.322 e. The third kappa shape index (κ3) is 4.18. The summed E-state index contributed by atoms with van der Waals surface area (Å²) in [5, 5.41) is 3.32. The summed E-state index contributed by atoms with van der Waals surface area (Å²) in [6.45, 7) is 5.43. The molecule has 19 heavy (non-hydrogen) atoms. The standard InChI is InChI=1S/C12H19ClN4O2/c1-3-6-19-12-16-10(13)15-11(17-12)14-8(2)9-5-4-7-18-9/h8-9H,3-7H2,1-2H3,(H,14,15,16,17). The van der Waals surface area contributed by atoms with Gasteiger partial charge in [-0.1, -0.05) is 6.92 Å². The van der Waals surface area contributed by atoms with Crippen molar-refractivity contribution >= 4 is 17.5 Å². The zero-order valence-corrected chi connectivity index (χ0v) is 12.0. The third-order valence-electron chi connectivity index (χ3n) is 2.90. The van der Waals surface area contributed by atoms with Gasteiger partial charge in [0.1, 0.15) is 0 Å². The van der Waals surface area contributed by atoms with Crippen molar-refractivity contribution in [3.63, 3.8) is 0 Å². The number of hydrogen-bond donors (Lipinski definition) is 1. The van der Waals surface area contributed by atoms with Crippen LogP contribution in [0.15, 0.2) is 0 Å². The number of rotatable bonds is 6. The minimum Gasteiger partial charge on any atom is -0.463 e. The minimum absolute atomic E-state index is 0.125. The Labute approximate surface area is 117 Å². The molecule has 0 aliphatic carbocycles. The highest BCUT2D eigenvalue weighted by molar-refractivity contribution is 6.28. The summed E-state index contributed by atoms with van der Waals surface area (Å²) in [6.07, 6.45) is 3.22. The fourth-order valence-electron chi connectivity index (χ4n) is 1.95. The van der Waals surface area contributed by atoms with Crippen LogP contribution in [0.2, 0.25) is 5.28 Å². The lowest BCUT2D eigenvalue weighted by molar-refractivity contribution is 0.0994. The quantitative estimate of drug-likeness (QED) is 0.865. The molecule has 1 saturated heterocycles. The highest BCUT2D eigenvalue weighted by atomic mass is 35.5. The van der Waals surface area contributed by atoms with Crippen LogP contribution in [0.5, 0.6) is 6.01 Å². The first-order chi connectivity index (χ1) is 9.19. The molecular formula is C12H19ClN4O2. The van der Waals surface area contributed by atoms with E-state index in [4.69, 9.17) is 21.1 Å².